The molecule has 1 fully saturated rings. The maximum Gasteiger partial charge on any atom is 0.273 e. The number of fused-ring (bicyclic) bond motifs is 1. The highest BCUT2D eigenvalue weighted by Gasteiger charge is 2.37. The number of carbonyl (C=O) groups is 3. The SMILES string of the molecule is NC(=O)c1nsc(C(=O)N(c2ccccc2F)[C@H](C(=O)NC[C@H]2CCCO2)c2ccc3ncccc3c2)c1N. The van der Waals surface area contributed by atoms with Crippen LogP contribution in [0.3, 0.4) is 0 Å². The molecule has 1 aliphatic heterocycles. The summed E-state index contributed by atoms with van der Waals surface area (Å²) in [5.74, 6) is -3.01. The van der Waals surface area contributed by atoms with Gasteiger partial charge in [0.1, 0.15) is 16.7 Å². The Hall–Kier alpha value is -4.42. The van der Waals surface area contributed by atoms with Crippen molar-refractivity contribution >= 4 is 51.5 Å². The molecule has 12 heteroatoms. The largest absolute Gasteiger partial charge is 0.395 e. The summed E-state index contributed by atoms with van der Waals surface area (Å²) in [6, 6.07) is 13.0. The number of hydrogen-bond acceptors (Lipinski definition) is 8. The van der Waals surface area contributed by atoms with E-state index in [0.29, 0.717) is 29.2 Å². The molecule has 5 N–H and O–H groups in total. The van der Waals surface area contributed by atoms with E-state index in [2.05, 4.69) is 14.7 Å². The summed E-state index contributed by atoms with van der Waals surface area (Å²) < 4.78 is 24.9. The number of nitrogens with zero attached hydrogens (tertiary/aromatic N) is 3. The molecule has 5 rings (SSSR count). The molecule has 1 aliphatic rings. The monoisotopic (exact) mass is 548 g/mol. The smallest absolute Gasteiger partial charge is 0.273 e. The number of amides is 3. The second-order valence-corrected chi connectivity index (χ2v) is 9.78. The lowest BCUT2D eigenvalue weighted by molar-refractivity contribution is -0.123. The van der Waals surface area contributed by atoms with Gasteiger partial charge in [0.2, 0.25) is 5.91 Å². The molecule has 0 unspecified atom stereocenters. The van der Waals surface area contributed by atoms with Crippen molar-refractivity contribution in [2.24, 2.45) is 5.73 Å². The van der Waals surface area contributed by atoms with E-state index in [4.69, 9.17) is 16.2 Å². The average Bonchev–Trinajstić information content (AvgIpc) is 3.60. The van der Waals surface area contributed by atoms with Crippen molar-refractivity contribution in [3.8, 4) is 0 Å². The van der Waals surface area contributed by atoms with Crippen LogP contribution in [0.25, 0.3) is 10.9 Å². The summed E-state index contributed by atoms with van der Waals surface area (Å²) in [6.45, 7) is 0.826. The number of hydrogen-bond donors (Lipinski definition) is 3. The summed E-state index contributed by atoms with van der Waals surface area (Å²) in [5, 5.41) is 3.60. The van der Waals surface area contributed by atoms with Crippen LogP contribution in [-0.2, 0) is 9.53 Å². The molecule has 10 nitrogen and oxygen atoms in total. The van der Waals surface area contributed by atoms with Crippen LogP contribution in [0.2, 0.25) is 0 Å². The van der Waals surface area contributed by atoms with Gasteiger partial charge in [0, 0.05) is 24.7 Å². The lowest BCUT2D eigenvalue weighted by atomic mass is 10.00. The Morgan fingerprint density at radius 1 is 1.18 bits per heavy atom. The van der Waals surface area contributed by atoms with Crippen molar-refractivity contribution in [1.82, 2.24) is 14.7 Å². The van der Waals surface area contributed by atoms with Gasteiger partial charge in [-0.05, 0) is 60.3 Å². The topological polar surface area (TPSA) is 154 Å². The number of rotatable bonds is 8. The van der Waals surface area contributed by atoms with Crippen LogP contribution in [0.15, 0.2) is 60.8 Å². The fourth-order valence-electron chi connectivity index (χ4n) is 4.55. The highest BCUT2D eigenvalue weighted by molar-refractivity contribution is 7.09. The highest BCUT2D eigenvalue weighted by Crippen LogP contribution is 2.35. The minimum Gasteiger partial charge on any atom is -0.395 e. The number of anilines is 2. The standard InChI is InChI=1S/C27H25FN6O4S/c28-18-7-1-2-8-20(18)34(27(37)24-21(29)22(25(30)35)33-39-24)23(26(36)32-14-17-6-4-12-38-17)16-9-10-19-15(13-16)5-3-11-31-19/h1-3,5,7-11,13,17,23H,4,6,12,14,29H2,(H2,30,35)(H,32,36)/t17-,23+/m1/s1. The normalized spacial score (nSPS) is 15.7. The molecule has 200 valence electrons. The molecule has 39 heavy (non-hydrogen) atoms. The van der Waals surface area contributed by atoms with Crippen LogP contribution in [-0.4, -0.2) is 46.3 Å². The average molecular weight is 549 g/mol. The molecule has 1 saturated heterocycles. The zero-order valence-electron chi connectivity index (χ0n) is 20.7. The lowest BCUT2D eigenvalue weighted by Crippen LogP contribution is -2.46. The maximum atomic E-state index is 15.3. The molecular formula is C27H25FN6O4S. The van der Waals surface area contributed by atoms with Gasteiger partial charge >= 0.3 is 0 Å². The van der Waals surface area contributed by atoms with Crippen molar-refractivity contribution in [2.75, 3.05) is 23.8 Å². The van der Waals surface area contributed by atoms with E-state index in [0.717, 1.165) is 23.1 Å². The second kappa shape index (κ2) is 11.1. The summed E-state index contributed by atoms with van der Waals surface area (Å²) in [4.78, 5) is 44.9. The minimum absolute atomic E-state index is 0.147. The summed E-state index contributed by atoms with van der Waals surface area (Å²) >= 11 is 0.651. The third-order valence-corrected chi connectivity index (χ3v) is 7.31. The van der Waals surface area contributed by atoms with Crippen LogP contribution in [0.5, 0.6) is 0 Å². The van der Waals surface area contributed by atoms with Crippen LogP contribution in [0, 0.1) is 5.82 Å². The van der Waals surface area contributed by atoms with Gasteiger partial charge in [-0.25, -0.2) is 4.39 Å². The van der Waals surface area contributed by atoms with Crippen molar-refractivity contribution in [3.05, 3.63) is 82.7 Å². The first-order chi connectivity index (χ1) is 18.8. The van der Waals surface area contributed by atoms with Gasteiger partial charge in [-0.3, -0.25) is 24.3 Å². The van der Waals surface area contributed by atoms with E-state index >= 15 is 4.39 Å². The van der Waals surface area contributed by atoms with Crippen molar-refractivity contribution < 1.29 is 23.5 Å². The van der Waals surface area contributed by atoms with E-state index in [-0.39, 0.29) is 34.6 Å². The Morgan fingerprint density at radius 2 is 2.00 bits per heavy atom. The molecular weight excluding hydrogens is 523 g/mol. The number of ether oxygens (including phenoxy) is 1. The van der Waals surface area contributed by atoms with Crippen molar-refractivity contribution in [1.29, 1.82) is 0 Å². The zero-order valence-corrected chi connectivity index (χ0v) is 21.5. The third-order valence-electron chi connectivity index (χ3n) is 6.46. The second-order valence-electron chi connectivity index (χ2n) is 9.00. The number of carbonyl (C=O) groups excluding carboxylic acids is 3. The van der Waals surface area contributed by atoms with Gasteiger partial charge in [0.15, 0.2) is 5.69 Å². The number of benzene rings is 2. The first kappa shape index (κ1) is 26.2. The van der Waals surface area contributed by atoms with Gasteiger partial charge in [-0.15, -0.1) is 0 Å². The molecule has 0 radical (unpaired) electrons. The molecule has 0 spiro atoms. The van der Waals surface area contributed by atoms with E-state index in [1.54, 1.807) is 36.5 Å². The van der Waals surface area contributed by atoms with Crippen molar-refractivity contribution in [2.45, 2.75) is 25.0 Å². The van der Waals surface area contributed by atoms with E-state index in [1.807, 2.05) is 6.07 Å². The molecule has 4 aromatic rings. The molecule has 0 saturated carbocycles. The van der Waals surface area contributed by atoms with Crippen LogP contribution < -0.4 is 21.7 Å². The molecule has 2 aromatic carbocycles. The molecule has 2 aromatic heterocycles. The maximum absolute atomic E-state index is 15.3. The van der Waals surface area contributed by atoms with Gasteiger partial charge in [0.25, 0.3) is 11.8 Å². The summed E-state index contributed by atoms with van der Waals surface area (Å²) in [7, 11) is 0. The molecule has 2 atom stereocenters. The molecule has 0 aliphatic carbocycles. The molecule has 3 heterocycles. The van der Waals surface area contributed by atoms with Gasteiger partial charge in [-0.2, -0.15) is 4.37 Å². The zero-order chi connectivity index (χ0) is 27.5. The van der Waals surface area contributed by atoms with Gasteiger partial charge < -0.3 is 21.5 Å². The number of primary amides is 1. The third kappa shape index (κ3) is 5.29. The number of pyridine rings is 1. The number of halogens is 1. The predicted molar refractivity (Wildman–Crippen MR) is 145 cm³/mol. The number of nitrogens with one attached hydrogen (secondary N) is 1. The number of nitrogen functional groups attached to an aromatic ring is 1. The Morgan fingerprint density at radius 3 is 2.72 bits per heavy atom. The van der Waals surface area contributed by atoms with Gasteiger partial charge in [-0.1, -0.05) is 24.3 Å². The minimum atomic E-state index is -1.32. The molecule has 3 amide bonds. The summed E-state index contributed by atoms with van der Waals surface area (Å²) in [5.41, 5.74) is 11.9. The quantitative estimate of drug-likeness (QED) is 0.306. The number of nitrogens with two attached hydrogens (primary N) is 2. The fourth-order valence-corrected chi connectivity index (χ4v) is 5.29. The highest BCUT2D eigenvalue weighted by atomic mass is 32.1. The number of para-hydroxylation sites is 1. The van der Waals surface area contributed by atoms with E-state index in [1.165, 1.54) is 18.2 Å². The summed E-state index contributed by atoms with van der Waals surface area (Å²) in [6.07, 6.45) is 3.15. The van der Waals surface area contributed by atoms with Crippen LogP contribution in [0.4, 0.5) is 15.8 Å². The van der Waals surface area contributed by atoms with Crippen LogP contribution in [0.1, 0.15) is 44.6 Å². The van der Waals surface area contributed by atoms with Crippen molar-refractivity contribution in [3.63, 3.8) is 0 Å². The lowest BCUT2D eigenvalue weighted by Gasteiger charge is -2.32. The first-order valence-corrected chi connectivity index (χ1v) is 13.0. The first-order valence-electron chi connectivity index (χ1n) is 12.2. The number of aromatic nitrogens is 2. The fraction of sp³-hybridized carbons (Fsp3) is 0.222. The Bertz CT molecular complexity index is 1550. The Labute approximate surface area is 226 Å². The molecule has 0 bridgehead atoms. The van der Waals surface area contributed by atoms with E-state index in [9.17, 15) is 14.4 Å². The van der Waals surface area contributed by atoms with Gasteiger partial charge in [0.05, 0.1) is 23.0 Å². The van der Waals surface area contributed by atoms with Crippen LogP contribution >= 0.6 is 11.5 Å². The Balaban J connectivity index is 1.65. The Kier molecular flexibility index (Phi) is 7.48. The predicted octanol–water partition coefficient (Wildman–Crippen LogP) is 3.19. The van der Waals surface area contributed by atoms with E-state index < -0.39 is 29.6 Å².